The molecule has 1 N–H and O–H groups in total. The van der Waals surface area contributed by atoms with Gasteiger partial charge in [-0.25, -0.2) is 14.1 Å². The van der Waals surface area contributed by atoms with Gasteiger partial charge in [0.2, 0.25) is 5.91 Å². The fourth-order valence-corrected chi connectivity index (χ4v) is 3.34. The second-order valence-electron chi connectivity index (χ2n) is 7.48. The number of benzene rings is 2. The second-order valence-corrected chi connectivity index (χ2v) is 7.48. The maximum absolute atomic E-state index is 13.1. The van der Waals surface area contributed by atoms with Gasteiger partial charge in [-0.2, -0.15) is 0 Å². The van der Waals surface area contributed by atoms with Crippen molar-refractivity contribution in [1.29, 1.82) is 0 Å². The van der Waals surface area contributed by atoms with E-state index < -0.39 is 29.7 Å². The van der Waals surface area contributed by atoms with Crippen molar-refractivity contribution in [2.24, 2.45) is 5.92 Å². The Morgan fingerprint density at radius 1 is 1.17 bits per heavy atom. The Kier molecular flexibility index (Phi) is 6.34. The van der Waals surface area contributed by atoms with Crippen molar-refractivity contribution in [3.63, 3.8) is 0 Å². The number of anilines is 2. The van der Waals surface area contributed by atoms with E-state index in [2.05, 4.69) is 5.32 Å². The molecule has 0 spiro atoms. The van der Waals surface area contributed by atoms with Crippen LogP contribution in [0.5, 0.6) is 5.75 Å². The van der Waals surface area contributed by atoms with Gasteiger partial charge >= 0.3 is 6.03 Å². The minimum absolute atomic E-state index is 0.106. The molecule has 1 aliphatic heterocycles. The van der Waals surface area contributed by atoms with E-state index in [4.69, 9.17) is 4.74 Å². The number of hydrogen-bond acceptors (Lipinski definition) is 4. The summed E-state index contributed by atoms with van der Waals surface area (Å²) >= 11 is 0. The fourth-order valence-electron chi connectivity index (χ4n) is 3.34. The van der Waals surface area contributed by atoms with Crippen LogP contribution in [0.2, 0.25) is 0 Å². The van der Waals surface area contributed by atoms with Gasteiger partial charge in [-0.15, -0.1) is 0 Å². The van der Waals surface area contributed by atoms with Gasteiger partial charge in [-0.1, -0.05) is 19.9 Å². The number of imide groups is 1. The number of carbonyl (C=O) groups excluding carboxylic acids is 3. The number of nitrogens with one attached hydrogen (secondary N) is 1. The molecule has 2 aromatic carbocycles. The topological polar surface area (TPSA) is 79.0 Å². The zero-order valence-electron chi connectivity index (χ0n) is 17.1. The predicted octanol–water partition coefficient (Wildman–Crippen LogP) is 3.66. The molecular formula is C22H24FN3O4. The average Bonchev–Trinajstić information content (AvgIpc) is 2.93. The van der Waals surface area contributed by atoms with E-state index in [-0.39, 0.29) is 12.3 Å². The van der Waals surface area contributed by atoms with E-state index in [0.717, 1.165) is 4.90 Å². The first-order valence-corrected chi connectivity index (χ1v) is 9.64. The SMILES string of the molecule is COc1cccc(N2C(=O)[C@@H](CC(=O)Nc3ccc(F)cc3)N(CC(C)C)C2=O)c1. The van der Waals surface area contributed by atoms with Crippen molar-refractivity contribution in [2.45, 2.75) is 26.3 Å². The van der Waals surface area contributed by atoms with Crippen LogP contribution in [0.15, 0.2) is 48.5 Å². The summed E-state index contributed by atoms with van der Waals surface area (Å²) in [7, 11) is 1.50. The lowest BCUT2D eigenvalue weighted by Crippen LogP contribution is -2.40. The molecule has 1 atom stereocenters. The molecule has 1 heterocycles. The Bertz CT molecular complexity index is 946. The fraction of sp³-hybridized carbons (Fsp3) is 0.318. The van der Waals surface area contributed by atoms with Crippen molar-refractivity contribution in [1.82, 2.24) is 4.90 Å². The number of hydrogen-bond donors (Lipinski definition) is 1. The standard InChI is InChI=1S/C22H24FN3O4/c1-14(2)13-25-19(12-20(27)24-16-9-7-15(23)8-10-16)21(28)26(22(25)29)17-5-4-6-18(11-17)30-3/h4-11,14,19H,12-13H2,1-3H3,(H,24,27)/t19-/m1/s1. The van der Waals surface area contributed by atoms with Gasteiger partial charge in [0.1, 0.15) is 17.6 Å². The minimum atomic E-state index is -0.924. The van der Waals surface area contributed by atoms with Crippen molar-refractivity contribution in [2.75, 3.05) is 23.9 Å². The van der Waals surface area contributed by atoms with Gasteiger partial charge in [0.05, 0.1) is 19.2 Å². The number of methoxy groups -OCH3 is 1. The number of halogens is 1. The largest absolute Gasteiger partial charge is 0.497 e. The van der Waals surface area contributed by atoms with Crippen LogP contribution in [0.3, 0.4) is 0 Å². The number of amides is 4. The van der Waals surface area contributed by atoms with Crippen LogP contribution in [0.25, 0.3) is 0 Å². The molecule has 7 nitrogen and oxygen atoms in total. The summed E-state index contributed by atoms with van der Waals surface area (Å²) in [4.78, 5) is 41.2. The van der Waals surface area contributed by atoms with Crippen LogP contribution in [-0.4, -0.2) is 42.4 Å². The van der Waals surface area contributed by atoms with E-state index in [1.165, 1.54) is 36.3 Å². The highest BCUT2D eigenvalue weighted by Crippen LogP contribution is 2.30. The van der Waals surface area contributed by atoms with Gasteiger partial charge in [-0.3, -0.25) is 9.59 Å². The summed E-state index contributed by atoms with van der Waals surface area (Å²) < 4.78 is 18.2. The van der Waals surface area contributed by atoms with Crippen molar-refractivity contribution in [3.05, 3.63) is 54.3 Å². The molecule has 0 bridgehead atoms. The zero-order valence-corrected chi connectivity index (χ0v) is 17.1. The summed E-state index contributed by atoms with van der Waals surface area (Å²) in [6.45, 7) is 4.20. The van der Waals surface area contributed by atoms with Gasteiger partial charge in [0, 0.05) is 18.3 Å². The Hall–Kier alpha value is -3.42. The van der Waals surface area contributed by atoms with Gasteiger partial charge in [0.25, 0.3) is 5.91 Å². The molecule has 2 aromatic rings. The number of ether oxygens (including phenoxy) is 1. The molecule has 158 valence electrons. The quantitative estimate of drug-likeness (QED) is 0.703. The molecule has 0 unspecified atom stereocenters. The summed E-state index contributed by atoms with van der Waals surface area (Å²) in [6.07, 6.45) is -0.199. The molecule has 0 aromatic heterocycles. The summed E-state index contributed by atoms with van der Waals surface area (Å²) in [6, 6.07) is 10.6. The maximum Gasteiger partial charge on any atom is 0.332 e. The molecular weight excluding hydrogens is 389 g/mol. The first kappa shape index (κ1) is 21.3. The van der Waals surface area contributed by atoms with Crippen molar-refractivity contribution < 1.29 is 23.5 Å². The molecule has 3 rings (SSSR count). The molecule has 1 aliphatic rings. The first-order chi connectivity index (χ1) is 14.3. The molecule has 8 heteroatoms. The highest BCUT2D eigenvalue weighted by molar-refractivity contribution is 6.22. The third-order valence-electron chi connectivity index (χ3n) is 4.70. The Labute approximate surface area is 174 Å². The normalized spacial score (nSPS) is 16.4. The second kappa shape index (κ2) is 8.94. The third kappa shape index (κ3) is 4.59. The van der Waals surface area contributed by atoms with Crippen LogP contribution >= 0.6 is 0 Å². The van der Waals surface area contributed by atoms with Gasteiger partial charge < -0.3 is 15.0 Å². The highest BCUT2D eigenvalue weighted by atomic mass is 19.1. The monoisotopic (exact) mass is 413 g/mol. The van der Waals surface area contributed by atoms with E-state index in [9.17, 15) is 18.8 Å². The summed E-state index contributed by atoms with van der Waals surface area (Å²) in [5.41, 5.74) is 0.804. The third-order valence-corrected chi connectivity index (χ3v) is 4.70. The van der Waals surface area contributed by atoms with Crippen LogP contribution < -0.4 is 15.0 Å². The Morgan fingerprint density at radius 3 is 2.50 bits per heavy atom. The zero-order chi connectivity index (χ0) is 21.8. The first-order valence-electron chi connectivity index (χ1n) is 9.64. The van der Waals surface area contributed by atoms with Gasteiger partial charge in [-0.05, 0) is 42.3 Å². The Morgan fingerprint density at radius 2 is 1.87 bits per heavy atom. The molecule has 1 fully saturated rings. The molecule has 0 saturated carbocycles. The van der Waals surface area contributed by atoms with Crippen LogP contribution in [0.1, 0.15) is 20.3 Å². The lowest BCUT2D eigenvalue weighted by atomic mass is 10.1. The predicted molar refractivity (Wildman–Crippen MR) is 111 cm³/mol. The molecule has 4 amide bonds. The minimum Gasteiger partial charge on any atom is -0.497 e. The van der Waals surface area contributed by atoms with Gasteiger partial charge in [0.15, 0.2) is 0 Å². The van der Waals surface area contributed by atoms with E-state index in [1.54, 1.807) is 24.3 Å². The highest BCUT2D eigenvalue weighted by Gasteiger charge is 2.46. The number of urea groups is 1. The molecule has 0 aliphatic carbocycles. The van der Waals surface area contributed by atoms with E-state index in [1.807, 2.05) is 13.8 Å². The lowest BCUT2D eigenvalue weighted by molar-refractivity contribution is -0.124. The van der Waals surface area contributed by atoms with Crippen molar-refractivity contribution in [3.8, 4) is 5.75 Å². The maximum atomic E-state index is 13.1. The van der Waals surface area contributed by atoms with Crippen LogP contribution in [0, 0.1) is 11.7 Å². The van der Waals surface area contributed by atoms with E-state index >= 15 is 0 Å². The molecule has 0 radical (unpaired) electrons. The number of carbonyl (C=O) groups is 3. The smallest absolute Gasteiger partial charge is 0.332 e. The number of nitrogens with zero attached hydrogens (tertiary/aromatic N) is 2. The lowest BCUT2D eigenvalue weighted by Gasteiger charge is -2.23. The molecule has 30 heavy (non-hydrogen) atoms. The summed E-state index contributed by atoms with van der Waals surface area (Å²) in [5, 5.41) is 2.64. The molecule has 1 saturated heterocycles. The van der Waals surface area contributed by atoms with Crippen molar-refractivity contribution >= 4 is 29.2 Å². The average molecular weight is 413 g/mol. The van der Waals surface area contributed by atoms with E-state index in [0.29, 0.717) is 23.7 Å². The van der Waals surface area contributed by atoms with Crippen LogP contribution in [0.4, 0.5) is 20.6 Å². The number of rotatable bonds is 7. The summed E-state index contributed by atoms with van der Waals surface area (Å²) in [5.74, 6) is -0.700. The Balaban J connectivity index is 1.83. The van der Waals surface area contributed by atoms with Crippen LogP contribution in [-0.2, 0) is 9.59 Å².